The lowest BCUT2D eigenvalue weighted by Crippen LogP contribution is -2.49. The van der Waals surface area contributed by atoms with Gasteiger partial charge in [0.05, 0.1) is 23.6 Å². The van der Waals surface area contributed by atoms with E-state index in [1.54, 1.807) is 30.4 Å². The Hall–Kier alpha value is -2.75. The summed E-state index contributed by atoms with van der Waals surface area (Å²) >= 11 is 0. The Morgan fingerprint density at radius 2 is 1.84 bits per heavy atom. The van der Waals surface area contributed by atoms with Gasteiger partial charge in [-0.25, -0.2) is 4.79 Å². The summed E-state index contributed by atoms with van der Waals surface area (Å²) in [4.78, 5) is 18.5. The number of carbonyl (C=O) groups excluding carboxylic acids is 1. The number of rotatable bonds is 6. The first kappa shape index (κ1) is 22.9. The van der Waals surface area contributed by atoms with E-state index in [9.17, 15) is 18.0 Å². The maximum Gasteiger partial charge on any atom is 0.416 e. The van der Waals surface area contributed by atoms with Crippen LogP contribution in [0.1, 0.15) is 25.0 Å². The average molecular weight is 438 g/mol. The Morgan fingerprint density at radius 3 is 2.39 bits per heavy atom. The minimum Gasteiger partial charge on any atom is -0.386 e. The van der Waals surface area contributed by atoms with Crippen molar-refractivity contribution in [2.45, 2.75) is 26.6 Å². The molecule has 1 aromatic carbocycles. The molecule has 1 amide bonds. The smallest absolute Gasteiger partial charge is 0.386 e. The van der Waals surface area contributed by atoms with Gasteiger partial charge in [0.2, 0.25) is 0 Å². The van der Waals surface area contributed by atoms with Gasteiger partial charge in [0.15, 0.2) is 0 Å². The molecule has 170 valence electrons. The van der Waals surface area contributed by atoms with E-state index < -0.39 is 11.7 Å². The predicted molar refractivity (Wildman–Crippen MR) is 114 cm³/mol. The fraction of sp³-hybridized carbons (Fsp3) is 0.524. The van der Waals surface area contributed by atoms with Crippen LogP contribution in [0.25, 0.3) is 0 Å². The first-order valence-electron chi connectivity index (χ1n) is 10.5. The molecule has 1 aromatic heterocycles. The molecule has 0 saturated carbocycles. The normalized spacial score (nSPS) is 15.2. The maximum atomic E-state index is 13.2. The van der Waals surface area contributed by atoms with Gasteiger partial charge in [0, 0.05) is 58.5 Å². The lowest BCUT2D eigenvalue weighted by atomic mass is 10.1. The van der Waals surface area contributed by atoms with Gasteiger partial charge in [-0.05, 0) is 31.5 Å². The third-order valence-electron chi connectivity index (χ3n) is 5.62. The quantitative estimate of drug-likeness (QED) is 0.747. The molecule has 1 N–H and O–H groups in total. The molecule has 0 radical (unpaired) electrons. The van der Waals surface area contributed by atoms with Crippen LogP contribution in [0, 0.1) is 0 Å². The number of benzene rings is 1. The van der Waals surface area contributed by atoms with E-state index in [0.29, 0.717) is 51.5 Å². The fourth-order valence-corrected chi connectivity index (χ4v) is 3.77. The van der Waals surface area contributed by atoms with Gasteiger partial charge in [-0.1, -0.05) is 6.07 Å². The average Bonchev–Trinajstić information content (AvgIpc) is 3.24. The Kier molecular flexibility index (Phi) is 7.09. The molecular formula is C21H29F3N6O. The van der Waals surface area contributed by atoms with Crippen LogP contribution in [0.4, 0.5) is 29.3 Å². The van der Waals surface area contributed by atoms with E-state index in [1.165, 1.54) is 10.7 Å². The van der Waals surface area contributed by atoms with Crippen molar-refractivity contribution in [1.29, 1.82) is 0 Å². The van der Waals surface area contributed by atoms with Crippen LogP contribution in [0.5, 0.6) is 0 Å². The number of hydrogen-bond donors (Lipinski definition) is 1. The van der Waals surface area contributed by atoms with E-state index in [0.717, 1.165) is 17.3 Å². The number of piperazine rings is 1. The van der Waals surface area contributed by atoms with E-state index in [4.69, 9.17) is 0 Å². The molecule has 2 aromatic rings. The van der Waals surface area contributed by atoms with E-state index in [-0.39, 0.29) is 6.03 Å². The van der Waals surface area contributed by atoms with Crippen molar-refractivity contribution in [3.63, 3.8) is 0 Å². The predicted octanol–water partition coefficient (Wildman–Crippen LogP) is 3.58. The summed E-state index contributed by atoms with van der Waals surface area (Å²) in [6, 6.07) is 3.80. The monoisotopic (exact) mass is 438 g/mol. The molecule has 1 aliphatic rings. The molecule has 1 aliphatic heterocycles. The summed E-state index contributed by atoms with van der Waals surface area (Å²) in [5.41, 5.74) is 1.61. The molecule has 10 heteroatoms. The summed E-state index contributed by atoms with van der Waals surface area (Å²) in [6.45, 7) is 8.03. The van der Waals surface area contributed by atoms with Gasteiger partial charge in [-0.2, -0.15) is 23.0 Å². The molecule has 2 heterocycles. The molecule has 1 fully saturated rings. The number of alkyl halides is 3. The minimum atomic E-state index is -4.37. The first-order chi connectivity index (χ1) is 14.8. The number of anilines is 2. The molecule has 0 unspecified atom stereocenters. The van der Waals surface area contributed by atoms with Gasteiger partial charge >= 0.3 is 12.2 Å². The molecule has 0 aliphatic carbocycles. The molecule has 1 saturated heterocycles. The van der Waals surface area contributed by atoms with Gasteiger partial charge in [0.25, 0.3) is 0 Å². The lowest BCUT2D eigenvalue weighted by molar-refractivity contribution is -0.137. The number of halogens is 3. The standard InChI is InChI=1S/C21H29F3N6O/c1-4-28(5-2)19-12-17(21(22,23)24)7-6-16(19)14-27-8-10-29(11-9-27)20(31)30-15-18(25-3)13-26-30/h6-7,12-13,15,25H,4-5,8-11,14H2,1-3H3. The van der Waals surface area contributed by atoms with Gasteiger partial charge in [-0.15, -0.1) is 0 Å². The van der Waals surface area contributed by atoms with Gasteiger partial charge < -0.3 is 15.1 Å². The topological polar surface area (TPSA) is 56.6 Å². The zero-order valence-electron chi connectivity index (χ0n) is 18.1. The largest absolute Gasteiger partial charge is 0.416 e. The highest BCUT2D eigenvalue weighted by atomic mass is 19.4. The van der Waals surface area contributed by atoms with Crippen LogP contribution in [-0.2, 0) is 12.7 Å². The summed E-state index contributed by atoms with van der Waals surface area (Å²) < 4.78 is 41.0. The molecule has 0 bridgehead atoms. The Bertz CT molecular complexity index is 885. The first-order valence-corrected chi connectivity index (χ1v) is 10.5. The second-order valence-electron chi connectivity index (χ2n) is 7.48. The number of amides is 1. The van der Waals surface area contributed by atoms with Crippen LogP contribution in [-0.4, -0.2) is 71.9 Å². The van der Waals surface area contributed by atoms with Crippen molar-refractivity contribution >= 4 is 17.4 Å². The number of aromatic nitrogens is 2. The van der Waals surface area contributed by atoms with Gasteiger partial charge in [-0.3, -0.25) is 4.90 Å². The summed E-state index contributed by atoms with van der Waals surface area (Å²) in [7, 11) is 1.76. The van der Waals surface area contributed by atoms with E-state index in [1.807, 2.05) is 18.7 Å². The van der Waals surface area contributed by atoms with E-state index >= 15 is 0 Å². The second kappa shape index (κ2) is 9.59. The zero-order valence-corrected chi connectivity index (χ0v) is 18.1. The zero-order chi connectivity index (χ0) is 22.6. The van der Waals surface area contributed by atoms with Crippen LogP contribution >= 0.6 is 0 Å². The highest BCUT2D eigenvalue weighted by Gasteiger charge is 2.32. The molecule has 3 rings (SSSR count). The minimum absolute atomic E-state index is 0.181. The van der Waals surface area contributed by atoms with Crippen LogP contribution in [0.3, 0.4) is 0 Å². The summed E-state index contributed by atoms with van der Waals surface area (Å²) in [6.07, 6.45) is -1.13. The fourth-order valence-electron chi connectivity index (χ4n) is 3.77. The van der Waals surface area contributed by atoms with Crippen molar-refractivity contribution in [2.75, 3.05) is 56.5 Å². The molecular weight excluding hydrogens is 409 g/mol. The van der Waals surface area contributed by atoms with Crippen molar-refractivity contribution in [1.82, 2.24) is 19.6 Å². The van der Waals surface area contributed by atoms with Crippen molar-refractivity contribution in [3.8, 4) is 0 Å². The van der Waals surface area contributed by atoms with E-state index in [2.05, 4.69) is 15.3 Å². The van der Waals surface area contributed by atoms with Crippen molar-refractivity contribution < 1.29 is 18.0 Å². The second-order valence-corrected chi connectivity index (χ2v) is 7.48. The number of nitrogens with one attached hydrogen (secondary N) is 1. The summed E-state index contributed by atoms with van der Waals surface area (Å²) in [5, 5.41) is 7.02. The van der Waals surface area contributed by atoms with Crippen LogP contribution < -0.4 is 10.2 Å². The number of carbonyl (C=O) groups is 1. The third-order valence-corrected chi connectivity index (χ3v) is 5.62. The maximum absolute atomic E-state index is 13.2. The third kappa shape index (κ3) is 5.30. The van der Waals surface area contributed by atoms with Crippen LogP contribution in [0.2, 0.25) is 0 Å². The molecule has 7 nitrogen and oxygen atoms in total. The highest BCUT2D eigenvalue weighted by molar-refractivity contribution is 5.76. The Morgan fingerprint density at radius 1 is 1.16 bits per heavy atom. The van der Waals surface area contributed by atoms with Crippen molar-refractivity contribution in [2.24, 2.45) is 0 Å². The van der Waals surface area contributed by atoms with Crippen molar-refractivity contribution in [3.05, 3.63) is 41.7 Å². The molecule has 0 atom stereocenters. The van der Waals surface area contributed by atoms with Gasteiger partial charge in [0.1, 0.15) is 0 Å². The molecule has 0 spiro atoms. The molecule has 31 heavy (non-hydrogen) atoms. The summed E-state index contributed by atoms with van der Waals surface area (Å²) in [5.74, 6) is 0. The Labute approximate surface area is 180 Å². The number of nitrogens with zero attached hydrogens (tertiary/aromatic N) is 5. The highest BCUT2D eigenvalue weighted by Crippen LogP contribution is 2.34. The SMILES string of the molecule is CCN(CC)c1cc(C(F)(F)F)ccc1CN1CCN(C(=O)n2cc(NC)cn2)CC1. The lowest BCUT2D eigenvalue weighted by Gasteiger charge is -2.35. The van der Waals surface area contributed by atoms with Crippen LogP contribution in [0.15, 0.2) is 30.6 Å². The number of hydrogen-bond acceptors (Lipinski definition) is 5. The Balaban J connectivity index is 1.68.